The van der Waals surface area contributed by atoms with Gasteiger partial charge in [0, 0.05) is 11.8 Å². The van der Waals surface area contributed by atoms with E-state index in [0.717, 1.165) is 5.56 Å². The van der Waals surface area contributed by atoms with Crippen molar-refractivity contribution in [2.24, 2.45) is 5.41 Å². The lowest BCUT2D eigenvalue weighted by molar-refractivity contribution is -0.144. The maximum absolute atomic E-state index is 12.3. The normalized spacial score (nSPS) is 12.5. The number of aliphatic carboxylic acids is 2. The first-order valence-corrected chi connectivity index (χ1v) is 7.02. The minimum Gasteiger partial charge on any atom is -0.481 e. The van der Waals surface area contributed by atoms with Crippen LogP contribution in [0.25, 0.3) is 0 Å². The Morgan fingerprint density at radius 2 is 1.73 bits per heavy atom. The number of hydrogen-bond donors (Lipinski definition) is 3. The first-order valence-electron chi connectivity index (χ1n) is 7.02. The van der Waals surface area contributed by atoms with E-state index in [1.54, 1.807) is 13.8 Å². The van der Waals surface area contributed by atoms with E-state index in [1.165, 1.54) is 0 Å². The fraction of sp³-hybridized carbons (Fsp3) is 0.438. The summed E-state index contributed by atoms with van der Waals surface area (Å²) in [4.78, 5) is 34.0. The molecule has 0 aliphatic carbocycles. The summed E-state index contributed by atoms with van der Waals surface area (Å²) < 4.78 is 0. The first kappa shape index (κ1) is 17.7. The van der Waals surface area contributed by atoms with Gasteiger partial charge in [0.25, 0.3) is 0 Å². The Balaban J connectivity index is 2.70. The summed E-state index contributed by atoms with van der Waals surface area (Å²) in [5, 5.41) is 20.1. The quantitative estimate of drug-likeness (QED) is 0.678. The van der Waals surface area contributed by atoms with Crippen molar-refractivity contribution in [1.29, 1.82) is 0 Å². The summed E-state index contributed by atoms with van der Waals surface area (Å²) in [6.45, 7) is 3.46. The molecule has 0 saturated heterocycles. The van der Waals surface area contributed by atoms with Crippen molar-refractivity contribution >= 4 is 17.8 Å². The lowest BCUT2D eigenvalue weighted by atomic mass is 9.84. The molecule has 6 heteroatoms. The Morgan fingerprint density at radius 1 is 1.14 bits per heavy atom. The maximum atomic E-state index is 12.3. The van der Waals surface area contributed by atoms with Gasteiger partial charge in [0.15, 0.2) is 0 Å². The zero-order valence-electron chi connectivity index (χ0n) is 12.7. The Kier molecular flexibility index (Phi) is 6.10. The van der Waals surface area contributed by atoms with Crippen molar-refractivity contribution in [2.45, 2.75) is 39.2 Å². The van der Waals surface area contributed by atoms with Crippen LogP contribution in [0, 0.1) is 5.41 Å². The first-order chi connectivity index (χ1) is 10.2. The standard InChI is InChI=1S/C16H21NO5/c1-16(2,10-11-6-4-3-5-7-11)15(22)17-12(14(20)21)8-9-13(18)19/h3-7,12H,8-10H2,1-2H3,(H,17,22)(H,18,19)(H,20,21). The van der Waals surface area contributed by atoms with Gasteiger partial charge in [0.2, 0.25) is 5.91 Å². The molecule has 0 aliphatic heterocycles. The van der Waals surface area contributed by atoms with Gasteiger partial charge in [-0.2, -0.15) is 0 Å². The molecule has 6 nitrogen and oxygen atoms in total. The SMILES string of the molecule is CC(C)(Cc1ccccc1)C(=O)NC(CCC(=O)O)C(=O)O. The summed E-state index contributed by atoms with van der Waals surface area (Å²) in [6, 6.07) is 8.22. The van der Waals surface area contributed by atoms with Crippen molar-refractivity contribution in [3.8, 4) is 0 Å². The van der Waals surface area contributed by atoms with Gasteiger partial charge in [-0.15, -0.1) is 0 Å². The zero-order chi connectivity index (χ0) is 16.8. The second-order valence-electron chi connectivity index (χ2n) is 5.84. The van der Waals surface area contributed by atoms with E-state index in [0.29, 0.717) is 6.42 Å². The molecular formula is C16H21NO5. The van der Waals surface area contributed by atoms with Crippen molar-refractivity contribution in [1.82, 2.24) is 5.32 Å². The minimum absolute atomic E-state index is 0.141. The maximum Gasteiger partial charge on any atom is 0.326 e. The Labute approximate surface area is 129 Å². The van der Waals surface area contributed by atoms with Crippen molar-refractivity contribution in [2.75, 3.05) is 0 Å². The van der Waals surface area contributed by atoms with E-state index >= 15 is 0 Å². The summed E-state index contributed by atoms with van der Waals surface area (Å²) in [7, 11) is 0. The Morgan fingerprint density at radius 3 is 2.23 bits per heavy atom. The second kappa shape index (κ2) is 7.59. The van der Waals surface area contributed by atoms with Gasteiger partial charge in [-0.25, -0.2) is 4.79 Å². The van der Waals surface area contributed by atoms with E-state index < -0.39 is 29.3 Å². The highest BCUT2D eigenvalue weighted by Gasteiger charge is 2.31. The molecule has 0 aromatic heterocycles. The van der Waals surface area contributed by atoms with Gasteiger partial charge in [0.05, 0.1) is 0 Å². The fourth-order valence-electron chi connectivity index (χ4n) is 2.07. The van der Waals surface area contributed by atoms with E-state index in [2.05, 4.69) is 5.32 Å². The van der Waals surface area contributed by atoms with E-state index in [4.69, 9.17) is 10.2 Å². The van der Waals surface area contributed by atoms with Crippen LogP contribution in [0.1, 0.15) is 32.3 Å². The highest BCUT2D eigenvalue weighted by molar-refractivity contribution is 5.87. The summed E-state index contributed by atoms with van der Waals surface area (Å²) in [5.74, 6) is -2.73. The van der Waals surface area contributed by atoms with Crippen LogP contribution in [-0.2, 0) is 20.8 Å². The summed E-state index contributed by atoms with van der Waals surface area (Å²) in [5.41, 5.74) is 0.179. The largest absolute Gasteiger partial charge is 0.481 e. The molecular weight excluding hydrogens is 286 g/mol. The molecule has 0 spiro atoms. The highest BCUT2D eigenvalue weighted by atomic mass is 16.4. The van der Waals surface area contributed by atoms with Crippen molar-refractivity contribution in [3.63, 3.8) is 0 Å². The lowest BCUT2D eigenvalue weighted by Gasteiger charge is -2.26. The molecule has 1 amide bonds. The molecule has 1 rings (SSSR count). The summed E-state index contributed by atoms with van der Waals surface area (Å²) in [6.07, 6.45) is 0.0130. The van der Waals surface area contributed by atoms with Crippen molar-refractivity contribution < 1.29 is 24.6 Å². The number of rotatable bonds is 8. The molecule has 120 valence electrons. The molecule has 0 aliphatic rings. The number of carboxylic acid groups (broad SMARTS) is 2. The average molecular weight is 307 g/mol. The highest BCUT2D eigenvalue weighted by Crippen LogP contribution is 2.22. The van der Waals surface area contributed by atoms with E-state index in [9.17, 15) is 14.4 Å². The van der Waals surface area contributed by atoms with Gasteiger partial charge in [-0.05, 0) is 18.4 Å². The van der Waals surface area contributed by atoms with Gasteiger partial charge >= 0.3 is 11.9 Å². The van der Waals surface area contributed by atoms with Crippen LogP contribution in [0.4, 0.5) is 0 Å². The van der Waals surface area contributed by atoms with Crippen LogP contribution < -0.4 is 5.32 Å². The minimum atomic E-state index is -1.23. The zero-order valence-corrected chi connectivity index (χ0v) is 12.7. The predicted octanol–water partition coefficient (Wildman–Crippen LogP) is 1.69. The van der Waals surface area contributed by atoms with Crippen LogP contribution in [0.15, 0.2) is 30.3 Å². The molecule has 1 atom stereocenters. The predicted molar refractivity (Wildman–Crippen MR) is 80.4 cm³/mol. The van der Waals surface area contributed by atoms with Gasteiger partial charge in [-0.3, -0.25) is 9.59 Å². The third kappa shape index (κ3) is 5.55. The van der Waals surface area contributed by atoms with E-state index in [1.807, 2.05) is 30.3 Å². The Bertz CT molecular complexity index is 539. The molecule has 3 N–H and O–H groups in total. The van der Waals surface area contributed by atoms with Crippen LogP contribution in [0.3, 0.4) is 0 Å². The number of carbonyl (C=O) groups is 3. The fourth-order valence-corrected chi connectivity index (χ4v) is 2.07. The topological polar surface area (TPSA) is 104 Å². The van der Waals surface area contributed by atoms with Crippen LogP contribution in [0.2, 0.25) is 0 Å². The number of nitrogens with one attached hydrogen (secondary N) is 1. The van der Waals surface area contributed by atoms with Gasteiger partial charge < -0.3 is 15.5 Å². The van der Waals surface area contributed by atoms with Crippen LogP contribution in [0.5, 0.6) is 0 Å². The molecule has 1 unspecified atom stereocenters. The molecule has 0 heterocycles. The molecule has 1 aromatic rings. The molecule has 0 fully saturated rings. The monoisotopic (exact) mass is 307 g/mol. The molecule has 0 radical (unpaired) electrons. The number of carboxylic acids is 2. The average Bonchev–Trinajstić information content (AvgIpc) is 2.43. The molecule has 1 aromatic carbocycles. The smallest absolute Gasteiger partial charge is 0.326 e. The van der Waals surface area contributed by atoms with Crippen LogP contribution >= 0.6 is 0 Å². The van der Waals surface area contributed by atoms with Gasteiger partial charge in [0.1, 0.15) is 6.04 Å². The Hall–Kier alpha value is -2.37. The summed E-state index contributed by atoms with van der Waals surface area (Å²) >= 11 is 0. The molecule has 22 heavy (non-hydrogen) atoms. The second-order valence-corrected chi connectivity index (χ2v) is 5.84. The van der Waals surface area contributed by atoms with Crippen molar-refractivity contribution in [3.05, 3.63) is 35.9 Å². The number of hydrogen-bond acceptors (Lipinski definition) is 3. The third-order valence-electron chi connectivity index (χ3n) is 3.35. The number of amides is 1. The lowest BCUT2D eigenvalue weighted by Crippen LogP contribution is -2.47. The van der Waals surface area contributed by atoms with Crippen LogP contribution in [-0.4, -0.2) is 34.1 Å². The van der Waals surface area contributed by atoms with Gasteiger partial charge in [-0.1, -0.05) is 44.2 Å². The molecule has 0 bridgehead atoms. The van der Waals surface area contributed by atoms with E-state index in [-0.39, 0.29) is 12.8 Å². The number of benzene rings is 1. The third-order valence-corrected chi connectivity index (χ3v) is 3.35. The number of carbonyl (C=O) groups excluding carboxylic acids is 1. The molecule has 0 saturated carbocycles.